The minimum atomic E-state index is -0.932. The summed E-state index contributed by atoms with van der Waals surface area (Å²) in [5.74, 6) is -0.190. The van der Waals surface area contributed by atoms with E-state index in [1.54, 1.807) is 0 Å². The summed E-state index contributed by atoms with van der Waals surface area (Å²) < 4.78 is 23.3. The Morgan fingerprint density at radius 2 is 2.07 bits per heavy atom. The van der Waals surface area contributed by atoms with Gasteiger partial charge in [-0.15, -0.1) is 0 Å². The number of hydrogen-bond acceptors (Lipinski definition) is 8. The third-order valence-electron chi connectivity index (χ3n) is 4.18. The minimum Gasteiger partial charge on any atom is -0.388 e. The maximum absolute atomic E-state index is 12.4. The Kier molecular flexibility index (Phi) is 7.87. The van der Waals surface area contributed by atoms with Gasteiger partial charge in [0.2, 0.25) is 5.91 Å². The van der Waals surface area contributed by atoms with Gasteiger partial charge < -0.3 is 29.4 Å². The van der Waals surface area contributed by atoms with E-state index in [0.717, 1.165) is 0 Å². The molecule has 1 fully saturated rings. The fourth-order valence-corrected chi connectivity index (χ4v) is 3.00. The van der Waals surface area contributed by atoms with E-state index in [-0.39, 0.29) is 24.9 Å². The number of carbonyl (C=O) groups excluding carboxylic acids is 1. The molecule has 1 aliphatic rings. The molecule has 0 bridgehead atoms. The van der Waals surface area contributed by atoms with E-state index in [1.165, 1.54) is 38.0 Å². The van der Waals surface area contributed by atoms with Crippen LogP contribution < -0.4 is 11.0 Å². The number of methoxy groups -OCH3 is 2. The van der Waals surface area contributed by atoms with Gasteiger partial charge in [-0.3, -0.25) is 9.36 Å². The van der Waals surface area contributed by atoms with Crippen LogP contribution in [0.25, 0.3) is 0 Å². The summed E-state index contributed by atoms with van der Waals surface area (Å²) in [6.45, 7) is 3.71. The second-order valence-electron chi connectivity index (χ2n) is 6.28. The predicted molar refractivity (Wildman–Crippen MR) is 95.4 cm³/mol. The molecule has 0 aliphatic carbocycles. The van der Waals surface area contributed by atoms with Crippen LogP contribution in [-0.4, -0.2) is 72.4 Å². The molecule has 2 N–H and O–H groups in total. The lowest BCUT2D eigenvalue weighted by atomic mass is 10.1. The van der Waals surface area contributed by atoms with E-state index in [9.17, 15) is 14.7 Å². The molecule has 2 heterocycles. The first-order chi connectivity index (χ1) is 12.9. The molecule has 0 spiro atoms. The van der Waals surface area contributed by atoms with E-state index >= 15 is 0 Å². The van der Waals surface area contributed by atoms with Crippen LogP contribution in [0.1, 0.15) is 26.5 Å². The van der Waals surface area contributed by atoms with Crippen molar-refractivity contribution in [3.8, 4) is 0 Å². The Labute approximate surface area is 157 Å². The molecule has 4 atom stereocenters. The molecule has 2 rings (SSSR count). The summed E-state index contributed by atoms with van der Waals surface area (Å²) in [7, 11) is 3.07. The number of rotatable bonds is 9. The zero-order valence-corrected chi connectivity index (χ0v) is 16.0. The molecule has 0 radical (unpaired) electrons. The normalized spacial score (nSPS) is 25.1. The van der Waals surface area contributed by atoms with Gasteiger partial charge in [0.05, 0.1) is 19.3 Å². The first-order valence-electron chi connectivity index (χ1n) is 8.74. The highest BCUT2D eigenvalue weighted by atomic mass is 16.6. The molecule has 0 aromatic carbocycles. The number of amides is 1. The molecule has 1 aliphatic heterocycles. The number of aromatic nitrogens is 2. The molecule has 152 valence electrons. The van der Waals surface area contributed by atoms with Gasteiger partial charge in [0.15, 0.2) is 6.23 Å². The summed E-state index contributed by atoms with van der Waals surface area (Å²) in [5, 5.41) is 13.1. The van der Waals surface area contributed by atoms with Gasteiger partial charge in [-0.25, -0.2) is 4.79 Å². The SMILES string of the molecule is CC[C@H]1O[C@@H](n2ccc(NC(C)=O)nc2=O)[C@@H](OC(COC)COC)C1O. The number of anilines is 1. The lowest BCUT2D eigenvalue weighted by Crippen LogP contribution is -2.42. The van der Waals surface area contributed by atoms with Crippen LogP contribution in [0.3, 0.4) is 0 Å². The van der Waals surface area contributed by atoms with Gasteiger partial charge in [-0.1, -0.05) is 6.92 Å². The van der Waals surface area contributed by atoms with Crippen molar-refractivity contribution >= 4 is 11.7 Å². The number of aliphatic hydroxyl groups is 1. The fourth-order valence-electron chi connectivity index (χ4n) is 3.00. The minimum absolute atomic E-state index is 0.142. The summed E-state index contributed by atoms with van der Waals surface area (Å²) in [6.07, 6.45) is -1.55. The van der Waals surface area contributed by atoms with Gasteiger partial charge in [-0.05, 0) is 12.5 Å². The summed E-state index contributed by atoms with van der Waals surface area (Å²) in [6, 6.07) is 1.48. The molecular formula is C17H27N3O7. The highest BCUT2D eigenvalue weighted by Gasteiger charge is 2.46. The highest BCUT2D eigenvalue weighted by molar-refractivity contribution is 5.87. The van der Waals surface area contributed by atoms with Gasteiger partial charge in [0.1, 0.15) is 24.1 Å². The summed E-state index contributed by atoms with van der Waals surface area (Å²) >= 11 is 0. The van der Waals surface area contributed by atoms with E-state index in [0.29, 0.717) is 6.42 Å². The molecular weight excluding hydrogens is 358 g/mol. The monoisotopic (exact) mass is 385 g/mol. The quantitative estimate of drug-likeness (QED) is 0.605. The molecule has 1 unspecified atom stereocenters. The first kappa shape index (κ1) is 21.5. The standard InChI is InChI=1S/C17H27N3O7/c1-5-12-14(22)15(26-11(8-24-3)9-25-4)16(27-12)20-7-6-13(18-10(2)21)19-17(20)23/h6-7,11-12,14-16,22H,5,8-9H2,1-4H3,(H,18,19,21,23)/t12-,14?,15+,16-/m1/s1. The maximum atomic E-state index is 12.4. The van der Waals surface area contributed by atoms with Crippen molar-refractivity contribution < 1.29 is 28.8 Å². The number of carbonyl (C=O) groups is 1. The number of hydrogen-bond donors (Lipinski definition) is 2. The largest absolute Gasteiger partial charge is 0.388 e. The molecule has 27 heavy (non-hydrogen) atoms. The third kappa shape index (κ3) is 5.33. The first-order valence-corrected chi connectivity index (χ1v) is 8.74. The number of nitrogens with zero attached hydrogens (tertiary/aromatic N) is 2. The molecule has 10 nitrogen and oxygen atoms in total. The lowest BCUT2D eigenvalue weighted by Gasteiger charge is -2.27. The van der Waals surface area contributed by atoms with Gasteiger partial charge in [0, 0.05) is 27.3 Å². The molecule has 10 heteroatoms. The van der Waals surface area contributed by atoms with Gasteiger partial charge in [-0.2, -0.15) is 4.98 Å². The van der Waals surface area contributed by atoms with Gasteiger partial charge in [0.25, 0.3) is 0 Å². The number of aliphatic hydroxyl groups excluding tert-OH is 1. The predicted octanol–water partition coefficient (Wildman–Crippen LogP) is -0.0834. The van der Waals surface area contributed by atoms with E-state index in [2.05, 4.69) is 10.3 Å². The number of ether oxygens (including phenoxy) is 4. The zero-order valence-electron chi connectivity index (χ0n) is 16.0. The van der Waals surface area contributed by atoms with E-state index in [4.69, 9.17) is 18.9 Å². The Balaban J connectivity index is 2.28. The van der Waals surface area contributed by atoms with Crippen LogP contribution in [0.4, 0.5) is 5.82 Å². The maximum Gasteiger partial charge on any atom is 0.351 e. The second-order valence-corrected chi connectivity index (χ2v) is 6.28. The zero-order chi connectivity index (χ0) is 20.0. The average Bonchev–Trinajstić information content (AvgIpc) is 2.91. The van der Waals surface area contributed by atoms with Crippen LogP contribution >= 0.6 is 0 Å². The van der Waals surface area contributed by atoms with Crippen LogP contribution in [0.2, 0.25) is 0 Å². The van der Waals surface area contributed by atoms with Crippen molar-refractivity contribution in [1.29, 1.82) is 0 Å². The Bertz CT molecular complexity index is 675. The summed E-state index contributed by atoms with van der Waals surface area (Å²) in [4.78, 5) is 27.4. The van der Waals surface area contributed by atoms with Crippen molar-refractivity contribution in [3.05, 3.63) is 22.7 Å². The van der Waals surface area contributed by atoms with E-state index in [1.807, 2.05) is 6.92 Å². The summed E-state index contributed by atoms with van der Waals surface area (Å²) in [5.41, 5.74) is -0.626. The molecule has 1 aromatic rings. The lowest BCUT2D eigenvalue weighted by molar-refractivity contribution is -0.132. The Hall–Kier alpha value is -1.85. The average molecular weight is 385 g/mol. The topological polar surface area (TPSA) is 121 Å². The molecule has 1 amide bonds. The van der Waals surface area contributed by atoms with Crippen LogP contribution in [0.5, 0.6) is 0 Å². The van der Waals surface area contributed by atoms with Gasteiger partial charge >= 0.3 is 5.69 Å². The Morgan fingerprint density at radius 3 is 2.59 bits per heavy atom. The molecule has 1 saturated heterocycles. The van der Waals surface area contributed by atoms with Crippen molar-refractivity contribution in [1.82, 2.24) is 9.55 Å². The molecule has 0 saturated carbocycles. The van der Waals surface area contributed by atoms with Crippen LogP contribution in [0.15, 0.2) is 17.1 Å². The van der Waals surface area contributed by atoms with Crippen molar-refractivity contribution in [3.63, 3.8) is 0 Å². The van der Waals surface area contributed by atoms with E-state index < -0.39 is 36.3 Å². The molecule has 1 aromatic heterocycles. The second kappa shape index (κ2) is 9.90. The highest BCUT2D eigenvalue weighted by Crippen LogP contribution is 2.33. The van der Waals surface area contributed by atoms with Crippen molar-refractivity contribution in [2.45, 2.75) is 50.9 Å². The fraction of sp³-hybridized carbons (Fsp3) is 0.706. The third-order valence-corrected chi connectivity index (χ3v) is 4.18. The smallest absolute Gasteiger partial charge is 0.351 e. The number of nitrogens with one attached hydrogen (secondary N) is 1. The Morgan fingerprint density at radius 1 is 1.41 bits per heavy atom. The van der Waals surface area contributed by atoms with Crippen molar-refractivity contribution in [2.75, 3.05) is 32.8 Å². The van der Waals surface area contributed by atoms with Crippen LogP contribution in [0, 0.1) is 0 Å². The van der Waals surface area contributed by atoms with Crippen molar-refractivity contribution in [2.24, 2.45) is 0 Å². The van der Waals surface area contributed by atoms with Crippen LogP contribution in [-0.2, 0) is 23.7 Å².